The summed E-state index contributed by atoms with van der Waals surface area (Å²) in [5.74, 6) is 0.652. The fourth-order valence-electron chi connectivity index (χ4n) is 6.06. The SMILES string of the molecule is CCN1C[C@H]2C3(CCN(S(=O)(=O)C4CC4)CC3)CC[C@@]2(C(=O)N(C)C)C1. The van der Waals surface area contributed by atoms with Crippen LogP contribution in [0.4, 0.5) is 0 Å². The van der Waals surface area contributed by atoms with E-state index in [0.29, 0.717) is 19.0 Å². The van der Waals surface area contributed by atoms with Gasteiger partial charge in [-0.2, -0.15) is 0 Å². The van der Waals surface area contributed by atoms with Crippen LogP contribution >= 0.6 is 0 Å². The van der Waals surface area contributed by atoms with Crippen LogP contribution in [0.1, 0.15) is 45.4 Å². The summed E-state index contributed by atoms with van der Waals surface area (Å²) in [5, 5.41) is -0.114. The van der Waals surface area contributed by atoms with Crippen LogP contribution < -0.4 is 0 Å². The summed E-state index contributed by atoms with van der Waals surface area (Å²) in [6, 6.07) is 0. The van der Waals surface area contributed by atoms with Crippen LogP contribution in [-0.2, 0) is 14.8 Å². The summed E-state index contributed by atoms with van der Waals surface area (Å²) in [7, 11) is 0.677. The monoisotopic (exact) mass is 383 g/mol. The number of fused-ring (bicyclic) bond motifs is 2. The molecule has 4 rings (SSSR count). The lowest BCUT2D eigenvalue weighted by Crippen LogP contribution is -2.49. The number of carbonyl (C=O) groups excluding carboxylic acids is 1. The molecule has 2 saturated carbocycles. The highest BCUT2D eigenvalue weighted by molar-refractivity contribution is 7.90. The van der Waals surface area contributed by atoms with Gasteiger partial charge in [-0.05, 0) is 56.4 Å². The molecule has 0 aromatic heterocycles. The first-order chi connectivity index (χ1) is 12.2. The first-order valence-electron chi connectivity index (χ1n) is 10.2. The summed E-state index contributed by atoms with van der Waals surface area (Å²) >= 11 is 0. The number of amides is 1. The summed E-state index contributed by atoms with van der Waals surface area (Å²) in [5.41, 5.74) is -0.109. The van der Waals surface area contributed by atoms with Gasteiger partial charge in [0.1, 0.15) is 0 Å². The lowest BCUT2D eigenvalue weighted by Gasteiger charge is -2.44. The quantitative estimate of drug-likeness (QED) is 0.736. The molecule has 2 heterocycles. The molecule has 0 aromatic carbocycles. The second kappa shape index (κ2) is 6.17. The summed E-state index contributed by atoms with van der Waals surface area (Å²) in [4.78, 5) is 17.4. The lowest BCUT2D eigenvalue weighted by atomic mass is 9.66. The Kier molecular flexibility index (Phi) is 4.44. The average Bonchev–Trinajstić information content (AvgIpc) is 3.35. The van der Waals surface area contributed by atoms with E-state index in [2.05, 4.69) is 11.8 Å². The molecule has 2 atom stereocenters. The van der Waals surface area contributed by atoms with Crippen LogP contribution in [-0.4, -0.2) is 80.5 Å². The summed E-state index contributed by atoms with van der Waals surface area (Å²) in [6.07, 6.45) is 5.54. The average molecular weight is 384 g/mol. The molecule has 1 amide bonds. The van der Waals surface area contributed by atoms with E-state index in [9.17, 15) is 13.2 Å². The van der Waals surface area contributed by atoms with Crippen LogP contribution in [0.15, 0.2) is 0 Å². The van der Waals surface area contributed by atoms with Crippen molar-refractivity contribution in [3.63, 3.8) is 0 Å². The number of hydrogen-bond acceptors (Lipinski definition) is 4. The third-order valence-electron chi connectivity index (χ3n) is 7.72. The number of sulfonamides is 1. The van der Waals surface area contributed by atoms with Gasteiger partial charge in [0.25, 0.3) is 0 Å². The molecule has 0 N–H and O–H groups in total. The number of carbonyl (C=O) groups is 1. The molecule has 2 aliphatic heterocycles. The summed E-state index contributed by atoms with van der Waals surface area (Å²) < 4.78 is 26.9. The Morgan fingerprint density at radius 3 is 2.31 bits per heavy atom. The van der Waals surface area contributed by atoms with E-state index in [1.54, 1.807) is 9.21 Å². The standard InChI is InChI=1S/C19H33N3O3S/c1-4-21-13-16-18(7-8-19(16,14-21)17(23)20(2)3)9-11-22(12-10-18)26(24,25)15-5-6-15/h15-16H,4-14H2,1-3H3/t16-,19+/m0/s1. The maximum atomic E-state index is 13.2. The third-order valence-corrected chi connectivity index (χ3v) is 10.1. The van der Waals surface area contributed by atoms with Crippen molar-refractivity contribution in [3.05, 3.63) is 0 Å². The van der Waals surface area contributed by atoms with E-state index >= 15 is 0 Å². The van der Waals surface area contributed by atoms with E-state index in [4.69, 9.17) is 0 Å². The first kappa shape index (κ1) is 18.7. The van der Waals surface area contributed by atoms with Crippen molar-refractivity contribution < 1.29 is 13.2 Å². The van der Waals surface area contributed by atoms with E-state index in [1.807, 2.05) is 14.1 Å². The van der Waals surface area contributed by atoms with Crippen molar-refractivity contribution >= 4 is 15.9 Å². The third kappa shape index (κ3) is 2.65. The zero-order valence-corrected chi connectivity index (χ0v) is 17.2. The van der Waals surface area contributed by atoms with Gasteiger partial charge >= 0.3 is 0 Å². The fourth-order valence-corrected chi connectivity index (χ4v) is 7.90. The van der Waals surface area contributed by atoms with Gasteiger partial charge < -0.3 is 9.80 Å². The Hall–Kier alpha value is -0.660. The molecule has 0 aromatic rings. The van der Waals surface area contributed by atoms with Crippen molar-refractivity contribution in [2.24, 2.45) is 16.7 Å². The largest absolute Gasteiger partial charge is 0.348 e. The number of rotatable bonds is 4. The molecule has 1 spiro atoms. The molecule has 0 unspecified atom stereocenters. The van der Waals surface area contributed by atoms with E-state index in [1.165, 1.54) is 0 Å². The number of nitrogens with zero attached hydrogens (tertiary/aromatic N) is 3. The maximum absolute atomic E-state index is 13.2. The molecular formula is C19H33N3O3S. The minimum Gasteiger partial charge on any atom is -0.348 e. The Morgan fingerprint density at radius 2 is 1.77 bits per heavy atom. The van der Waals surface area contributed by atoms with Crippen molar-refractivity contribution in [3.8, 4) is 0 Å². The minimum atomic E-state index is -3.07. The van der Waals surface area contributed by atoms with Crippen LogP contribution in [0.5, 0.6) is 0 Å². The zero-order valence-electron chi connectivity index (χ0n) is 16.4. The van der Waals surface area contributed by atoms with Crippen molar-refractivity contribution in [2.75, 3.05) is 46.8 Å². The molecule has 148 valence electrons. The number of hydrogen-bond donors (Lipinski definition) is 0. The topological polar surface area (TPSA) is 60.9 Å². The second-order valence-corrected chi connectivity index (χ2v) is 11.5. The van der Waals surface area contributed by atoms with Crippen molar-refractivity contribution in [2.45, 2.75) is 50.7 Å². The number of likely N-dealkylation sites (tertiary alicyclic amines) is 1. The van der Waals surface area contributed by atoms with Crippen molar-refractivity contribution in [1.29, 1.82) is 0 Å². The van der Waals surface area contributed by atoms with Crippen LogP contribution in [0.3, 0.4) is 0 Å². The molecule has 0 bridgehead atoms. The van der Waals surface area contributed by atoms with Crippen LogP contribution in [0.2, 0.25) is 0 Å². The van der Waals surface area contributed by atoms with Gasteiger partial charge in [-0.25, -0.2) is 12.7 Å². The normalized spacial score (nSPS) is 35.0. The lowest BCUT2D eigenvalue weighted by molar-refractivity contribution is -0.141. The minimum absolute atomic E-state index is 0.114. The predicted octanol–water partition coefficient (Wildman–Crippen LogP) is 1.38. The van der Waals surface area contributed by atoms with Gasteiger partial charge in [0.05, 0.1) is 10.7 Å². The van der Waals surface area contributed by atoms with Crippen LogP contribution in [0, 0.1) is 16.7 Å². The molecule has 7 heteroatoms. The molecule has 2 aliphatic carbocycles. The molecular weight excluding hydrogens is 350 g/mol. The zero-order chi connectivity index (χ0) is 18.7. The Morgan fingerprint density at radius 1 is 1.12 bits per heavy atom. The van der Waals surface area contributed by atoms with Gasteiger partial charge in [-0.3, -0.25) is 4.79 Å². The van der Waals surface area contributed by atoms with E-state index in [-0.39, 0.29) is 22.0 Å². The van der Waals surface area contributed by atoms with Crippen molar-refractivity contribution in [1.82, 2.24) is 14.1 Å². The van der Waals surface area contributed by atoms with Gasteiger partial charge in [-0.15, -0.1) is 0 Å². The predicted molar refractivity (Wildman–Crippen MR) is 101 cm³/mol. The smallest absolute Gasteiger partial charge is 0.229 e. The van der Waals surface area contributed by atoms with Gasteiger partial charge in [0, 0.05) is 40.3 Å². The Labute approximate surface area is 157 Å². The fraction of sp³-hybridized carbons (Fsp3) is 0.947. The molecule has 4 aliphatic rings. The first-order valence-corrected chi connectivity index (χ1v) is 11.7. The summed E-state index contributed by atoms with van der Waals surface area (Å²) in [6.45, 7) is 6.31. The molecule has 6 nitrogen and oxygen atoms in total. The highest BCUT2D eigenvalue weighted by atomic mass is 32.2. The Balaban J connectivity index is 1.56. The van der Waals surface area contributed by atoms with Gasteiger partial charge in [-0.1, -0.05) is 6.92 Å². The molecule has 0 radical (unpaired) electrons. The van der Waals surface area contributed by atoms with E-state index in [0.717, 1.165) is 58.2 Å². The highest BCUT2D eigenvalue weighted by Crippen LogP contribution is 2.62. The highest BCUT2D eigenvalue weighted by Gasteiger charge is 2.64. The molecule has 26 heavy (non-hydrogen) atoms. The van der Waals surface area contributed by atoms with E-state index < -0.39 is 10.0 Å². The van der Waals surface area contributed by atoms with Gasteiger partial charge in [0.2, 0.25) is 15.9 Å². The van der Waals surface area contributed by atoms with Gasteiger partial charge in [0.15, 0.2) is 0 Å². The maximum Gasteiger partial charge on any atom is 0.229 e. The molecule has 2 saturated heterocycles. The molecule has 4 fully saturated rings. The number of piperidine rings is 1. The Bertz CT molecular complexity index is 680. The second-order valence-electron chi connectivity index (χ2n) is 9.24. The van der Waals surface area contributed by atoms with Crippen LogP contribution in [0.25, 0.3) is 0 Å².